The highest BCUT2D eigenvalue weighted by Crippen LogP contribution is 2.69. The van der Waals surface area contributed by atoms with Crippen LogP contribution in [0.5, 0.6) is 0 Å². The molecule has 0 radical (unpaired) electrons. The van der Waals surface area contributed by atoms with Gasteiger partial charge in [-0.05, 0) is 60.6 Å². The number of aryl methyl sites for hydroxylation is 3. The standard InChI is InChI=1S/C18H30N2/c1-11-8-12(2)14(13(3)9-11)10-15(20-19)16-17(4,5)18(16,6)7/h8-9,15-16,20H,10,19H2,1-7H3. The van der Waals surface area contributed by atoms with Crippen LogP contribution in [0.4, 0.5) is 0 Å². The molecule has 2 heteroatoms. The molecule has 2 rings (SSSR count). The summed E-state index contributed by atoms with van der Waals surface area (Å²) >= 11 is 0. The second-order valence-corrected chi connectivity index (χ2v) is 7.78. The Morgan fingerprint density at radius 3 is 1.85 bits per heavy atom. The normalized spacial score (nSPS) is 21.8. The molecule has 20 heavy (non-hydrogen) atoms. The van der Waals surface area contributed by atoms with E-state index in [0.29, 0.717) is 22.8 Å². The number of hydrogen-bond acceptors (Lipinski definition) is 2. The van der Waals surface area contributed by atoms with Gasteiger partial charge in [0.15, 0.2) is 0 Å². The Morgan fingerprint density at radius 2 is 1.50 bits per heavy atom. The highest BCUT2D eigenvalue weighted by molar-refractivity contribution is 5.38. The van der Waals surface area contributed by atoms with E-state index in [2.05, 4.69) is 66.0 Å². The molecule has 1 atom stereocenters. The summed E-state index contributed by atoms with van der Waals surface area (Å²) in [6.07, 6.45) is 1.02. The first-order valence-electron chi connectivity index (χ1n) is 7.65. The lowest BCUT2D eigenvalue weighted by Gasteiger charge is -2.21. The first kappa shape index (κ1) is 15.5. The third kappa shape index (κ3) is 2.29. The fourth-order valence-electron chi connectivity index (χ4n) is 4.28. The van der Waals surface area contributed by atoms with Gasteiger partial charge in [-0.2, -0.15) is 0 Å². The summed E-state index contributed by atoms with van der Waals surface area (Å²) < 4.78 is 0. The zero-order chi connectivity index (χ0) is 15.3. The molecule has 2 nitrogen and oxygen atoms in total. The van der Waals surface area contributed by atoms with E-state index < -0.39 is 0 Å². The van der Waals surface area contributed by atoms with E-state index in [0.717, 1.165) is 6.42 Å². The highest BCUT2D eigenvalue weighted by atomic mass is 15.2. The first-order valence-corrected chi connectivity index (χ1v) is 7.65. The Kier molecular flexibility index (Phi) is 3.77. The SMILES string of the molecule is Cc1cc(C)c(CC(NN)C2C(C)(C)C2(C)C)c(C)c1. The molecule has 1 aliphatic carbocycles. The maximum absolute atomic E-state index is 5.88. The van der Waals surface area contributed by atoms with Crippen molar-refractivity contribution in [3.63, 3.8) is 0 Å². The van der Waals surface area contributed by atoms with E-state index in [9.17, 15) is 0 Å². The van der Waals surface area contributed by atoms with Crippen molar-refractivity contribution in [1.82, 2.24) is 5.43 Å². The van der Waals surface area contributed by atoms with Crippen molar-refractivity contribution in [2.45, 2.75) is 60.9 Å². The topological polar surface area (TPSA) is 38.0 Å². The van der Waals surface area contributed by atoms with Crippen molar-refractivity contribution >= 4 is 0 Å². The molecule has 1 fully saturated rings. The van der Waals surface area contributed by atoms with E-state index in [4.69, 9.17) is 5.84 Å². The average molecular weight is 274 g/mol. The molecule has 112 valence electrons. The van der Waals surface area contributed by atoms with Gasteiger partial charge in [0.25, 0.3) is 0 Å². The predicted molar refractivity (Wildman–Crippen MR) is 86.5 cm³/mol. The molecule has 0 heterocycles. The van der Waals surface area contributed by atoms with E-state index in [1.807, 2.05) is 0 Å². The van der Waals surface area contributed by atoms with Crippen LogP contribution in [0.15, 0.2) is 12.1 Å². The summed E-state index contributed by atoms with van der Waals surface area (Å²) in [5.74, 6) is 6.51. The van der Waals surface area contributed by atoms with Crippen LogP contribution in [-0.4, -0.2) is 6.04 Å². The number of rotatable bonds is 4. The van der Waals surface area contributed by atoms with E-state index in [1.165, 1.54) is 22.3 Å². The van der Waals surface area contributed by atoms with Gasteiger partial charge in [0.1, 0.15) is 0 Å². The van der Waals surface area contributed by atoms with Crippen molar-refractivity contribution in [3.8, 4) is 0 Å². The third-order valence-corrected chi connectivity index (χ3v) is 6.01. The van der Waals surface area contributed by atoms with Gasteiger partial charge < -0.3 is 0 Å². The van der Waals surface area contributed by atoms with E-state index in [-0.39, 0.29) is 0 Å². The van der Waals surface area contributed by atoms with Crippen LogP contribution in [0.25, 0.3) is 0 Å². The average Bonchev–Trinajstić information content (AvgIpc) is 2.70. The lowest BCUT2D eigenvalue weighted by atomic mass is 9.91. The molecule has 0 aliphatic heterocycles. The van der Waals surface area contributed by atoms with Crippen LogP contribution in [0.3, 0.4) is 0 Å². The number of hydrogen-bond donors (Lipinski definition) is 2. The van der Waals surface area contributed by atoms with Crippen LogP contribution in [-0.2, 0) is 6.42 Å². The minimum atomic E-state index is 0.347. The van der Waals surface area contributed by atoms with Crippen LogP contribution in [0.1, 0.15) is 49.9 Å². The largest absolute Gasteiger partial charge is 0.271 e. The number of nitrogens with one attached hydrogen (secondary N) is 1. The molecule has 1 aliphatic rings. The Bertz CT molecular complexity index is 477. The van der Waals surface area contributed by atoms with Crippen molar-refractivity contribution in [3.05, 3.63) is 34.4 Å². The molecule has 0 spiro atoms. The highest BCUT2D eigenvalue weighted by Gasteiger charge is 2.66. The summed E-state index contributed by atoms with van der Waals surface area (Å²) in [5, 5.41) is 0. The molecule has 1 aromatic rings. The lowest BCUT2D eigenvalue weighted by Crippen LogP contribution is -2.40. The third-order valence-electron chi connectivity index (χ3n) is 6.01. The lowest BCUT2D eigenvalue weighted by molar-refractivity contribution is 0.401. The molecule has 0 aromatic heterocycles. The molecule has 0 bridgehead atoms. The van der Waals surface area contributed by atoms with E-state index >= 15 is 0 Å². The first-order chi connectivity index (χ1) is 9.12. The minimum Gasteiger partial charge on any atom is -0.271 e. The smallest absolute Gasteiger partial charge is 0.0289 e. The zero-order valence-electron chi connectivity index (χ0n) is 14.1. The zero-order valence-corrected chi connectivity index (χ0v) is 14.1. The van der Waals surface area contributed by atoms with Crippen molar-refractivity contribution in [1.29, 1.82) is 0 Å². The van der Waals surface area contributed by atoms with Crippen LogP contribution in [0, 0.1) is 37.5 Å². The maximum Gasteiger partial charge on any atom is 0.0289 e. The van der Waals surface area contributed by atoms with Gasteiger partial charge in [-0.25, -0.2) is 0 Å². The summed E-state index contributed by atoms with van der Waals surface area (Å²) in [4.78, 5) is 0. The minimum absolute atomic E-state index is 0.347. The second-order valence-electron chi connectivity index (χ2n) is 7.78. The molecule has 1 aromatic carbocycles. The summed E-state index contributed by atoms with van der Waals surface area (Å²) in [5.41, 5.74) is 9.38. The predicted octanol–water partition coefficient (Wildman–Crippen LogP) is 3.67. The number of hydrazine groups is 1. The fraction of sp³-hybridized carbons (Fsp3) is 0.667. The number of benzene rings is 1. The quantitative estimate of drug-likeness (QED) is 0.649. The molecule has 3 N–H and O–H groups in total. The van der Waals surface area contributed by atoms with Gasteiger partial charge >= 0.3 is 0 Å². The molecule has 0 amide bonds. The van der Waals surface area contributed by atoms with Gasteiger partial charge in [0, 0.05) is 6.04 Å². The van der Waals surface area contributed by atoms with Crippen molar-refractivity contribution in [2.24, 2.45) is 22.6 Å². The van der Waals surface area contributed by atoms with Crippen molar-refractivity contribution in [2.75, 3.05) is 0 Å². The summed E-state index contributed by atoms with van der Waals surface area (Å²) in [7, 11) is 0. The van der Waals surface area contributed by atoms with Gasteiger partial charge in [0.05, 0.1) is 0 Å². The maximum atomic E-state index is 5.88. The Morgan fingerprint density at radius 1 is 1.05 bits per heavy atom. The Balaban J connectivity index is 2.25. The van der Waals surface area contributed by atoms with Crippen molar-refractivity contribution < 1.29 is 0 Å². The van der Waals surface area contributed by atoms with Gasteiger partial charge in [-0.15, -0.1) is 0 Å². The molecular formula is C18H30N2. The molecular weight excluding hydrogens is 244 g/mol. The molecule has 1 saturated carbocycles. The molecule has 0 saturated heterocycles. The summed E-state index contributed by atoms with van der Waals surface area (Å²) in [6.45, 7) is 16.0. The summed E-state index contributed by atoms with van der Waals surface area (Å²) in [6, 6.07) is 4.90. The van der Waals surface area contributed by atoms with E-state index in [1.54, 1.807) is 0 Å². The monoisotopic (exact) mass is 274 g/mol. The molecule has 1 unspecified atom stereocenters. The fourth-order valence-corrected chi connectivity index (χ4v) is 4.28. The Labute approximate surface area is 124 Å². The van der Waals surface area contributed by atoms with Gasteiger partial charge in [-0.3, -0.25) is 11.3 Å². The van der Waals surface area contributed by atoms with Crippen LogP contribution >= 0.6 is 0 Å². The number of nitrogens with two attached hydrogens (primary N) is 1. The van der Waals surface area contributed by atoms with Gasteiger partial charge in [-0.1, -0.05) is 45.4 Å². The second kappa shape index (κ2) is 4.85. The van der Waals surface area contributed by atoms with Crippen LogP contribution in [0.2, 0.25) is 0 Å². The van der Waals surface area contributed by atoms with Crippen LogP contribution < -0.4 is 11.3 Å². The Hall–Kier alpha value is -0.860. The van der Waals surface area contributed by atoms with Gasteiger partial charge in [0.2, 0.25) is 0 Å².